The Morgan fingerprint density at radius 2 is 1.29 bits per heavy atom. The van der Waals surface area contributed by atoms with Crippen LogP contribution in [0.5, 0.6) is 0 Å². The lowest BCUT2D eigenvalue weighted by Crippen LogP contribution is -2.12. The van der Waals surface area contributed by atoms with Crippen molar-refractivity contribution < 1.29 is 37.0 Å². The Balaban J connectivity index is 3.60. The van der Waals surface area contributed by atoms with E-state index in [1.807, 2.05) is 0 Å². The summed E-state index contributed by atoms with van der Waals surface area (Å²) in [4.78, 5) is 22.1. The van der Waals surface area contributed by atoms with Crippen molar-refractivity contribution in [2.75, 3.05) is 33.5 Å². The van der Waals surface area contributed by atoms with E-state index in [9.17, 15) is 18.9 Å². The lowest BCUT2D eigenvalue weighted by molar-refractivity contribution is -0.226. The third kappa shape index (κ3) is 13.6. The minimum atomic E-state index is -4.34. The van der Waals surface area contributed by atoms with E-state index in [1.165, 1.54) is 0 Å². The van der Waals surface area contributed by atoms with E-state index in [-0.39, 0.29) is 26.2 Å². The van der Waals surface area contributed by atoms with Crippen LogP contribution in [0.1, 0.15) is 32.1 Å². The van der Waals surface area contributed by atoms with Gasteiger partial charge in [-0.05, 0) is 25.8 Å². The zero-order valence-corrected chi connectivity index (χ0v) is 13.9. The van der Waals surface area contributed by atoms with Crippen LogP contribution < -0.4 is 15.5 Å². The van der Waals surface area contributed by atoms with Gasteiger partial charge in [-0.3, -0.25) is 9.13 Å². The summed E-state index contributed by atoms with van der Waals surface area (Å²) in [5, 5.41) is 0. The molecule has 0 bridgehead atoms. The molecular formula is C10H23NO8P2-2. The molecule has 0 amide bonds. The summed E-state index contributed by atoms with van der Waals surface area (Å²) in [7, 11) is -7.65. The molecule has 0 aliphatic rings. The highest BCUT2D eigenvalue weighted by Crippen LogP contribution is 2.39. The second-order valence-corrected chi connectivity index (χ2v) is 7.06. The minimum Gasteiger partial charge on any atom is -0.756 e. The minimum absolute atomic E-state index is 0.0568. The van der Waals surface area contributed by atoms with Gasteiger partial charge in [0.25, 0.3) is 15.6 Å². The molecule has 11 heteroatoms. The SMILES string of the molecule is COP(=O)([O-])OCCCOP(=O)([O-])OCCCCCCN. The van der Waals surface area contributed by atoms with Crippen molar-refractivity contribution in [3.8, 4) is 0 Å². The normalized spacial score (nSPS) is 17.3. The van der Waals surface area contributed by atoms with Crippen LogP contribution in [0.15, 0.2) is 0 Å². The van der Waals surface area contributed by atoms with Gasteiger partial charge >= 0.3 is 0 Å². The predicted molar refractivity (Wildman–Crippen MR) is 72.2 cm³/mol. The predicted octanol–water partition coefficient (Wildman–Crippen LogP) is 0.529. The molecule has 0 heterocycles. The Bertz CT molecular complexity index is 354. The van der Waals surface area contributed by atoms with Crippen molar-refractivity contribution in [3.63, 3.8) is 0 Å². The van der Waals surface area contributed by atoms with Crippen LogP contribution in [-0.2, 0) is 27.2 Å². The molecule has 0 aliphatic heterocycles. The molecular weight excluding hydrogens is 324 g/mol. The maximum atomic E-state index is 11.3. The van der Waals surface area contributed by atoms with Crippen LogP contribution in [-0.4, -0.2) is 33.5 Å². The molecule has 2 atom stereocenters. The van der Waals surface area contributed by atoms with Gasteiger partial charge in [-0.25, -0.2) is 0 Å². The van der Waals surface area contributed by atoms with Gasteiger partial charge in [-0.15, -0.1) is 0 Å². The molecule has 0 radical (unpaired) electrons. The number of hydrogen-bond acceptors (Lipinski definition) is 9. The summed E-state index contributed by atoms with van der Waals surface area (Å²) in [6, 6.07) is 0. The molecule has 9 nitrogen and oxygen atoms in total. The van der Waals surface area contributed by atoms with Gasteiger partial charge < -0.3 is 33.6 Å². The second-order valence-electron chi connectivity index (χ2n) is 4.13. The van der Waals surface area contributed by atoms with E-state index >= 15 is 0 Å². The number of rotatable bonds is 14. The molecule has 21 heavy (non-hydrogen) atoms. The maximum Gasteiger partial charge on any atom is 0.267 e. The fourth-order valence-corrected chi connectivity index (χ4v) is 2.52. The van der Waals surface area contributed by atoms with Gasteiger partial charge in [0.05, 0.1) is 19.8 Å². The average molecular weight is 347 g/mol. The van der Waals surface area contributed by atoms with E-state index in [1.54, 1.807) is 0 Å². The highest BCUT2D eigenvalue weighted by molar-refractivity contribution is 7.46. The van der Waals surface area contributed by atoms with Crippen molar-refractivity contribution in [1.82, 2.24) is 0 Å². The molecule has 128 valence electrons. The molecule has 0 saturated heterocycles. The van der Waals surface area contributed by atoms with E-state index in [2.05, 4.69) is 18.1 Å². The Labute approximate surface area is 125 Å². The highest BCUT2D eigenvalue weighted by Gasteiger charge is 2.10. The molecule has 0 fully saturated rings. The Hall–Kier alpha value is 0.180. The Morgan fingerprint density at radius 3 is 1.81 bits per heavy atom. The molecule has 0 aliphatic carbocycles. The second kappa shape index (κ2) is 11.7. The molecule has 2 N–H and O–H groups in total. The van der Waals surface area contributed by atoms with Crippen LogP contribution >= 0.6 is 15.6 Å². The molecule has 0 aromatic rings. The topological polar surface area (TPSA) is 143 Å². The molecule has 0 saturated carbocycles. The number of unbranched alkanes of at least 4 members (excludes halogenated alkanes) is 3. The van der Waals surface area contributed by atoms with Gasteiger partial charge in [-0.1, -0.05) is 12.8 Å². The lowest BCUT2D eigenvalue weighted by atomic mass is 10.2. The van der Waals surface area contributed by atoms with Crippen molar-refractivity contribution in [3.05, 3.63) is 0 Å². The number of hydrogen-bond donors (Lipinski definition) is 1. The maximum absolute atomic E-state index is 11.3. The average Bonchev–Trinajstić information content (AvgIpc) is 2.42. The monoisotopic (exact) mass is 347 g/mol. The van der Waals surface area contributed by atoms with E-state index in [0.717, 1.165) is 26.4 Å². The zero-order chi connectivity index (χ0) is 16.2. The van der Waals surface area contributed by atoms with Crippen molar-refractivity contribution in [1.29, 1.82) is 0 Å². The number of phosphoric ester groups is 2. The first-order valence-electron chi connectivity index (χ1n) is 6.64. The molecule has 0 rings (SSSR count). The van der Waals surface area contributed by atoms with Gasteiger partial charge in [-0.2, -0.15) is 0 Å². The fourth-order valence-electron chi connectivity index (χ4n) is 1.28. The van der Waals surface area contributed by atoms with Crippen LogP contribution in [0.4, 0.5) is 0 Å². The quantitative estimate of drug-likeness (QED) is 0.351. The summed E-state index contributed by atoms with van der Waals surface area (Å²) >= 11 is 0. The fraction of sp³-hybridized carbons (Fsp3) is 1.00. The summed E-state index contributed by atoms with van der Waals surface area (Å²) in [5.41, 5.74) is 5.33. The largest absolute Gasteiger partial charge is 0.756 e. The summed E-state index contributed by atoms with van der Waals surface area (Å²) in [6.07, 6.45) is 3.33. The third-order valence-corrected chi connectivity index (χ3v) is 4.30. The molecule has 0 aromatic carbocycles. The van der Waals surface area contributed by atoms with Crippen molar-refractivity contribution >= 4 is 15.6 Å². The van der Waals surface area contributed by atoms with E-state index < -0.39 is 15.6 Å². The van der Waals surface area contributed by atoms with E-state index in [4.69, 9.17) is 5.73 Å². The molecule has 2 unspecified atom stereocenters. The first-order chi connectivity index (χ1) is 9.83. The van der Waals surface area contributed by atoms with Crippen LogP contribution in [0.2, 0.25) is 0 Å². The standard InChI is InChI=1S/C10H25NO8P2/c1-16-20(12,13)17-9-6-10-19-21(14,15)18-8-5-3-2-4-7-11/h2-11H2,1H3,(H,12,13)(H,14,15)/p-2. The number of phosphoric acid groups is 2. The van der Waals surface area contributed by atoms with Gasteiger partial charge in [0.15, 0.2) is 0 Å². The summed E-state index contributed by atoms with van der Waals surface area (Å²) in [6.45, 7) is 0.220. The van der Waals surface area contributed by atoms with Gasteiger partial charge in [0.2, 0.25) is 0 Å². The van der Waals surface area contributed by atoms with Gasteiger partial charge in [0, 0.05) is 7.11 Å². The smallest absolute Gasteiger partial charge is 0.267 e. The number of nitrogens with two attached hydrogens (primary N) is 1. The first-order valence-corrected chi connectivity index (χ1v) is 9.56. The Morgan fingerprint density at radius 1 is 0.810 bits per heavy atom. The molecule has 0 aromatic heterocycles. The summed E-state index contributed by atoms with van der Waals surface area (Å²) < 4.78 is 39.8. The van der Waals surface area contributed by atoms with Crippen LogP contribution in [0.3, 0.4) is 0 Å². The first kappa shape index (κ1) is 21.2. The Kier molecular flexibility index (Phi) is 11.8. The summed E-state index contributed by atoms with van der Waals surface area (Å²) in [5.74, 6) is 0. The van der Waals surface area contributed by atoms with Gasteiger partial charge in [0.1, 0.15) is 0 Å². The van der Waals surface area contributed by atoms with Crippen LogP contribution in [0, 0.1) is 0 Å². The van der Waals surface area contributed by atoms with E-state index in [0.29, 0.717) is 13.0 Å². The zero-order valence-electron chi connectivity index (χ0n) is 12.1. The van der Waals surface area contributed by atoms with Crippen LogP contribution in [0.25, 0.3) is 0 Å². The van der Waals surface area contributed by atoms with Crippen molar-refractivity contribution in [2.45, 2.75) is 32.1 Å². The third-order valence-electron chi connectivity index (χ3n) is 2.36. The lowest BCUT2D eigenvalue weighted by Gasteiger charge is -2.23. The highest BCUT2D eigenvalue weighted by atomic mass is 31.2. The van der Waals surface area contributed by atoms with Crippen molar-refractivity contribution in [2.24, 2.45) is 5.73 Å². The molecule has 0 spiro atoms.